The maximum Gasteiger partial charge on any atom is 0.123 e. The molecule has 0 amide bonds. The molecule has 0 unspecified atom stereocenters. The van der Waals surface area contributed by atoms with Crippen LogP contribution >= 0.6 is 12.4 Å². The lowest BCUT2D eigenvalue weighted by atomic mass is 9.78. The van der Waals surface area contributed by atoms with Crippen molar-refractivity contribution >= 4 is 12.4 Å². The molecule has 3 rings (SSSR count). The van der Waals surface area contributed by atoms with Gasteiger partial charge in [-0.05, 0) is 74.5 Å². The standard InChI is InChI=1S/C16H23FN2.ClH/c1-13-10-15(17)3-2-14(13)11-19-9-6-16(12-19)4-7-18-8-5-16;/h2-3,10,18H,4-9,11-12H2,1H3;1H. The Kier molecular flexibility index (Phi) is 5.05. The van der Waals surface area contributed by atoms with Gasteiger partial charge in [-0.15, -0.1) is 12.4 Å². The number of halogens is 2. The summed E-state index contributed by atoms with van der Waals surface area (Å²) in [5, 5.41) is 3.46. The number of hydrogen-bond donors (Lipinski definition) is 1. The zero-order valence-corrected chi connectivity index (χ0v) is 12.9. The summed E-state index contributed by atoms with van der Waals surface area (Å²) in [4.78, 5) is 2.55. The quantitative estimate of drug-likeness (QED) is 0.902. The molecule has 20 heavy (non-hydrogen) atoms. The SMILES string of the molecule is Cc1cc(F)ccc1CN1CCC2(CCNCC2)C1.Cl. The van der Waals surface area contributed by atoms with Crippen LogP contribution in [0.1, 0.15) is 30.4 Å². The molecule has 1 aromatic rings. The largest absolute Gasteiger partial charge is 0.317 e. The van der Waals surface area contributed by atoms with E-state index in [0.717, 1.165) is 12.1 Å². The molecule has 2 aliphatic heterocycles. The zero-order valence-electron chi connectivity index (χ0n) is 12.1. The van der Waals surface area contributed by atoms with E-state index in [2.05, 4.69) is 10.2 Å². The van der Waals surface area contributed by atoms with Gasteiger partial charge in [0.25, 0.3) is 0 Å². The van der Waals surface area contributed by atoms with Gasteiger partial charge in [-0.3, -0.25) is 4.90 Å². The third-order valence-electron chi connectivity index (χ3n) is 4.88. The van der Waals surface area contributed by atoms with E-state index < -0.39 is 0 Å². The predicted molar refractivity (Wildman–Crippen MR) is 82.8 cm³/mol. The Hall–Kier alpha value is -0.640. The van der Waals surface area contributed by atoms with E-state index in [1.807, 2.05) is 13.0 Å². The van der Waals surface area contributed by atoms with Crippen molar-refractivity contribution in [3.63, 3.8) is 0 Å². The van der Waals surface area contributed by atoms with Crippen molar-refractivity contribution < 1.29 is 4.39 Å². The van der Waals surface area contributed by atoms with Crippen LogP contribution in [0.15, 0.2) is 18.2 Å². The van der Waals surface area contributed by atoms with Gasteiger partial charge in [0.2, 0.25) is 0 Å². The summed E-state index contributed by atoms with van der Waals surface area (Å²) in [6.07, 6.45) is 3.95. The average molecular weight is 299 g/mol. The van der Waals surface area contributed by atoms with Gasteiger partial charge >= 0.3 is 0 Å². The predicted octanol–water partition coefficient (Wildman–Crippen LogP) is 3.13. The van der Waals surface area contributed by atoms with Gasteiger partial charge in [0.05, 0.1) is 0 Å². The second kappa shape index (κ2) is 6.42. The lowest BCUT2D eigenvalue weighted by Crippen LogP contribution is -2.38. The normalized spacial score (nSPS) is 21.9. The minimum atomic E-state index is -0.127. The maximum absolute atomic E-state index is 13.1. The number of nitrogens with one attached hydrogen (secondary N) is 1. The van der Waals surface area contributed by atoms with Gasteiger partial charge in [-0.25, -0.2) is 4.39 Å². The molecule has 2 aliphatic rings. The number of piperidine rings is 1. The van der Waals surface area contributed by atoms with Crippen LogP contribution in [0.5, 0.6) is 0 Å². The van der Waals surface area contributed by atoms with Crippen LogP contribution in [0.3, 0.4) is 0 Å². The van der Waals surface area contributed by atoms with Gasteiger partial charge in [0.1, 0.15) is 5.82 Å². The van der Waals surface area contributed by atoms with Crippen LogP contribution in [-0.4, -0.2) is 31.1 Å². The molecule has 0 atom stereocenters. The molecule has 0 aromatic heterocycles. The van der Waals surface area contributed by atoms with E-state index in [0.29, 0.717) is 5.41 Å². The Morgan fingerprint density at radius 2 is 2.00 bits per heavy atom. The molecule has 0 radical (unpaired) electrons. The molecule has 1 spiro atoms. The average Bonchev–Trinajstić information content (AvgIpc) is 2.77. The van der Waals surface area contributed by atoms with Gasteiger partial charge in [0.15, 0.2) is 0 Å². The number of aryl methyl sites for hydroxylation is 1. The van der Waals surface area contributed by atoms with E-state index in [9.17, 15) is 4.39 Å². The van der Waals surface area contributed by atoms with E-state index >= 15 is 0 Å². The third-order valence-corrected chi connectivity index (χ3v) is 4.88. The molecule has 2 fully saturated rings. The topological polar surface area (TPSA) is 15.3 Å². The summed E-state index contributed by atoms with van der Waals surface area (Å²) in [5.74, 6) is -0.127. The van der Waals surface area contributed by atoms with E-state index in [4.69, 9.17) is 0 Å². The van der Waals surface area contributed by atoms with Crippen LogP contribution in [0, 0.1) is 18.2 Å². The molecular weight excluding hydrogens is 275 g/mol. The van der Waals surface area contributed by atoms with Crippen molar-refractivity contribution in [3.8, 4) is 0 Å². The minimum Gasteiger partial charge on any atom is -0.317 e. The summed E-state index contributed by atoms with van der Waals surface area (Å²) in [6.45, 7) is 7.73. The molecule has 0 bridgehead atoms. The van der Waals surface area contributed by atoms with Gasteiger partial charge < -0.3 is 5.32 Å². The monoisotopic (exact) mass is 298 g/mol. The first-order chi connectivity index (χ1) is 9.17. The Morgan fingerprint density at radius 3 is 2.70 bits per heavy atom. The van der Waals surface area contributed by atoms with Crippen LogP contribution in [0.4, 0.5) is 4.39 Å². The van der Waals surface area contributed by atoms with Gasteiger partial charge in [0, 0.05) is 13.1 Å². The van der Waals surface area contributed by atoms with Crippen molar-refractivity contribution in [2.75, 3.05) is 26.2 Å². The highest BCUT2D eigenvalue weighted by Crippen LogP contribution is 2.39. The number of rotatable bonds is 2. The fraction of sp³-hybridized carbons (Fsp3) is 0.625. The third kappa shape index (κ3) is 3.33. The highest BCUT2D eigenvalue weighted by atomic mass is 35.5. The van der Waals surface area contributed by atoms with Crippen LogP contribution < -0.4 is 5.32 Å². The van der Waals surface area contributed by atoms with E-state index in [1.54, 1.807) is 12.1 Å². The molecule has 112 valence electrons. The minimum absolute atomic E-state index is 0. The fourth-order valence-electron chi connectivity index (χ4n) is 3.61. The molecule has 1 aromatic carbocycles. The van der Waals surface area contributed by atoms with E-state index in [-0.39, 0.29) is 18.2 Å². The molecule has 0 saturated carbocycles. The van der Waals surface area contributed by atoms with E-state index in [1.165, 1.54) is 51.0 Å². The van der Waals surface area contributed by atoms with Gasteiger partial charge in [-0.1, -0.05) is 6.07 Å². The Balaban J connectivity index is 0.00000147. The first kappa shape index (κ1) is 15.7. The highest BCUT2D eigenvalue weighted by Gasteiger charge is 2.38. The Morgan fingerprint density at radius 1 is 1.25 bits per heavy atom. The Bertz CT molecular complexity index is 458. The van der Waals surface area contributed by atoms with Crippen LogP contribution in [0.2, 0.25) is 0 Å². The summed E-state index contributed by atoms with van der Waals surface area (Å²) < 4.78 is 13.1. The summed E-state index contributed by atoms with van der Waals surface area (Å²) in [6, 6.07) is 5.17. The van der Waals surface area contributed by atoms with Crippen LogP contribution in [0.25, 0.3) is 0 Å². The number of nitrogens with zero attached hydrogens (tertiary/aromatic N) is 1. The van der Waals surface area contributed by atoms with Crippen molar-refractivity contribution in [3.05, 3.63) is 35.1 Å². The smallest absolute Gasteiger partial charge is 0.123 e. The lowest BCUT2D eigenvalue weighted by molar-refractivity contribution is 0.194. The second-order valence-corrected chi connectivity index (χ2v) is 6.28. The number of likely N-dealkylation sites (tertiary alicyclic amines) is 1. The van der Waals surface area contributed by atoms with Crippen molar-refractivity contribution in [2.24, 2.45) is 5.41 Å². The number of benzene rings is 1. The summed E-state index contributed by atoms with van der Waals surface area (Å²) in [5.41, 5.74) is 2.90. The molecule has 4 heteroatoms. The fourth-order valence-corrected chi connectivity index (χ4v) is 3.61. The molecule has 2 heterocycles. The molecule has 2 nitrogen and oxygen atoms in total. The first-order valence-electron chi connectivity index (χ1n) is 7.35. The van der Waals surface area contributed by atoms with Gasteiger partial charge in [-0.2, -0.15) is 0 Å². The zero-order chi connectivity index (χ0) is 13.3. The molecule has 0 aliphatic carbocycles. The summed E-state index contributed by atoms with van der Waals surface area (Å²) >= 11 is 0. The molecular formula is C16H24ClFN2. The maximum atomic E-state index is 13.1. The number of hydrogen-bond acceptors (Lipinski definition) is 2. The first-order valence-corrected chi connectivity index (χ1v) is 7.35. The lowest BCUT2D eigenvalue weighted by Gasteiger charge is -2.34. The van der Waals surface area contributed by atoms with Crippen molar-refractivity contribution in [1.82, 2.24) is 10.2 Å². The van der Waals surface area contributed by atoms with Crippen molar-refractivity contribution in [2.45, 2.75) is 32.7 Å². The Labute approximate surface area is 127 Å². The second-order valence-electron chi connectivity index (χ2n) is 6.28. The molecule has 1 N–H and O–H groups in total. The van der Waals surface area contributed by atoms with Crippen molar-refractivity contribution in [1.29, 1.82) is 0 Å². The summed E-state index contributed by atoms with van der Waals surface area (Å²) in [7, 11) is 0. The highest BCUT2D eigenvalue weighted by molar-refractivity contribution is 5.85. The van der Waals surface area contributed by atoms with Crippen LogP contribution in [-0.2, 0) is 6.54 Å². The molecule has 2 saturated heterocycles.